The minimum atomic E-state index is -3.39. The molecule has 1 fully saturated rings. The van der Waals surface area contributed by atoms with E-state index in [1.807, 2.05) is 0 Å². The van der Waals surface area contributed by atoms with Crippen molar-refractivity contribution in [3.05, 3.63) is 12.0 Å². The molecular weight excluding hydrogens is 262 g/mol. The zero-order valence-corrected chi connectivity index (χ0v) is 12.9. The number of aromatic nitrogens is 2. The van der Waals surface area contributed by atoms with Crippen LogP contribution >= 0.6 is 0 Å². The standard InChI is InChI=1S/C13H23N3O2S/c1-10-14-9-12(15-10)19(17,18)16-7-5-11(6-8-16)13(2,3)4/h9,11H,5-8H2,1-4H3,(H,14,15). The lowest BCUT2D eigenvalue weighted by Gasteiger charge is -2.37. The second kappa shape index (κ2) is 4.90. The lowest BCUT2D eigenvalue weighted by molar-refractivity contribution is 0.154. The first-order chi connectivity index (χ1) is 8.71. The van der Waals surface area contributed by atoms with Crippen molar-refractivity contribution in [2.45, 2.75) is 45.6 Å². The topological polar surface area (TPSA) is 66.1 Å². The lowest BCUT2D eigenvalue weighted by Crippen LogP contribution is -2.41. The number of nitrogens with one attached hydrogen (secondary N) is 1. The van der Waals surface area contributed by atoms with Crippen LogP contribution in [0.3, 0.4) is 0 Å². The third-order valence-electron chi connectivity index (χ3n) is 3.98. The summed E-state index contributed by atoms with van der Waals surface area (Å²) < 4.78 is 26.4. The van der Waals surface area contributed by atoms with Gasteiger partial charge in [-0.3, -0.25) is 0 Å². The summed E-state index contributed by atoms with van der Waals surface area (Å²) in [5.74, 6) is 1.21. The van der Waals surface area contributed by atoms with Gasteiger partial charge >= 0.3 is 0 Å². The maximum atomic E-state index is 12.4. The Morgan fingerprint density at radius 2 is 1.89 bits per heavy atom. The molecule has 0 aromatic carbocycles. The molecule has 0 unspecified atom stereocenters. The van der Waals surface area contributed by atoms with Gasteiger partial charge < -0.3 is 4.98 Å². The van der Waals surface area contributed by atoms with Crippen molar-refractivity contribution in [2.24, 2.45) is 11.3 Å². The maximum Gasteiger partial charge on any atom is 0.260 e. The number of nitrogens with zero attached hydrogens (tertiary/aromatic N) is 2. The summed E-state index contributed by atoms with van der Waals surface area (Å²) in [5, 5.41) is 0.208. The van der Waals surface area contributed by atoms with E-state index in [0.29, 0.717) is 24.8 Å². The Morgan fingerprint density at radius 3 is 2.32 bits per heavy atom. The molecule has 6 heteroatoms. The summed E-state index contributed by atoms with van der Waals surface area (Å²) in [5.41, 5.74) is 0.250. The van der Waals surface area contributed by atoms with Gasteiger partial charge in [0.2, 0.25) is 0 Å². The van der Waals surface area contributed by atoms with Gasteiger partial charge in [0, 0.05) is 13.1 Å². The van der Waals surface area contributed by atoms with Gasteiger partial charge in [0.05, 0.1) is 6.20 Å². The fourth-order valence-corrected chi connectivity index (χ4v) is 4.06. The van der Waals surface area contributed by atoms with E-state index < -0.39 is 10.0 Å². The molecule has 0 atom stereocenters. The normalized spacial score (nSPS) is 19.8. The highest BCUT2D eigenvalue weighted by atomic mass is 32.2. The molecule has 2 rings (SSSR count). The van der Waals surface area contributed by atoms with Crippen molar-refractivity contribution in [1.82, 2.24) is 14.3 Å². The first kappa shape index (κ1) is 14.5. The number of sulfonamides is 1. The van der Waals surface area contributed by atoms with Crippen molar-refractivity contribution in [3.8, 4) is 0 Å². The molecule has 0 bridgehead atoms. The zero-order chi connectivity index (χ0) is 14.3. The van der Waals surface area contributed by atoms with Gasteiger partial charge in [0.1, 0.15) is 5.82 Å². The molecule has 0 spiro atoms. The average molecular weight is 285 g/mol. The number of rotatable bonds is 2. The van der Waals surface area contributed by atoms with Gasteiger partial charge in [0.25, 0.3) is 10.0 Å². The van der Waals surface area contributed by atoms with Crippen LogP contribution in [0.15, 0.2) is 11.2 Å². The number of hydrogen-bond acceptors (Lipinski definition) is 3. The van der Waals surface area contributed by atoms with Crippen LogP contribution in [0.2, 0.25) is 0 Å². The van der Waals surface area contributed by atoms with Crippen LogP contribution in [0.25, 0.3) is 0 Å². The molecule has 19 heavy (non-hydrogen) atoms. The summed E-state index contributed by atoms with van der Waals surface area (Å²) in [4.78, 5) is 6.78. The van der Waals surface area contributed by atoms with Crippen LogP contribution < -0.4 is 0 Å². The SMILES string of the molecule is Cc1ncc(S(=O)(=O)N2CCC(C(C)(C)C)CC2)[nH]1. The summed E-state index contributed by atoms with van der Waals surface area (Å²) in [6, 6.07) is 0. The Labute approximate surface area is 115 Å². The zero-order valence-electron chi connectivity index (χ0n) is 12.1. The van der Waals surface area contributed by atoms with Gasteiger partial charge in [-0.25, -0.2) is 13.4 Å². The number of hydrogen-bond donors (Lipinski definition) is 1. The Bertz CT molecular complexity index is 534. The lowest BCUT2D eigenvalue weighted by atomic mass is 9.76. The molecule has 1 saturated heterocycles. The number of aromatic amines is 1. The predicted molar refractivity (Wildman–Crippen MR) is 74.3 cm³/mol. The molecule has 1 aromatic heterocycles. The summed E-state index contributed by atoms with van der Waals surface area (Å²) in [6.45, 7) is 9.62. The molecule has 1 aromatic rings. The van der Waals surface area contributed by atoms with Crippen LogP contribution in [0.4, 0.5) is 0 Å². The Balaban J connectivity index is 2.09. The number of piperidine rings is 1. The quantitative estimate of drug-likeness (QED) is 0.905. The summed E-state index contributed by atoms with van der Waals surface area (Å²) in [6.07, 6.45) is 3.26. The van der Waals surface area contributed by atoms with Gasteiger partial charge in [-0.1, -0.05) is 20.8 Å². The minimum Gasteiger partial charge on any atom is -0.332 e. The van der Waals surface area contributed by atoms with E-state index in [9.17, 15) is 8.42 Å². The maximum absolute atomic E-state index is 12.4. The molecule has 0 saturated carbocycles. The first-order valence-electron chi connectivity index (χ1n) is 6.73. The predicted octanol–water partition coefficient (Wildman–Crippen LogP) is 2.16. The Kier molecular flexibility index (Phi) is 3.75. The monoisotopic (exact) mass is 285 g/mol. The minimum absolute atomic E-state index is 0.208. The second-order valence-corrected chi connectivity index (χ2v) is 8.28. The van der Waals surface area contributed by atoms with Crippen LogP contribution in [0.5, 0.6) is 0 Å². The molecule has 2 heterocycles. The van der Waals surface area contributed by atoms with E-state index in [-0.39, 0.29) is 10.4 Å². The third-order valence-corrected chi connectivity index (χ3v) is 5.78. The van der Waals surface area contributed by atoms with Crippen LogP contribution in [-0.4, -0.2) is 35.8 Å². The van der Waals surface area contributed by atoms with E-state index in [1.54, 1.807) is 11.2 Å². The first-order valence-corrected chi connectivity index (χ1v) is 8.17. The Morgan fingerprint density at radius 1 is 1.32 bits per heavy atom. The highest BCUT2D eigenvalue weighted by molar-refractivity contribution is 7.89. The van der Waals surface area contributed by atoms with E-state index in [1.165, 1.54) is 6.20 Å². The van der Waals surface area contributed by atoms with Crippen molar-refractivity contribution in [1.29, 1.82) is 0 Å². The number of imidazole rings is 1. The molecule has 0 radical (unpaired) electrons. The average Bonchev–Trinajstić information content (AvgIpc) is 2.76. The molecule has 1 N–H and O–H groups in total. The fourth-order valence-electron chi connectivity index (χ4n) is 2.63. The Hall–Kier alpha value is -0.880. The van der Waals surface area contributed by atoms with Crippen molar-refractivity contribution >= 4 is 10.0 Å². The van der Waals surface area contributed by atoms with Crippen molar-refractivity contribution < 1.29 is 8.42 Å². The van der Waals surface area contributed by atoms with E-state index in [4.69, 9.17) is 0 Å². The summed E-state index contributed by atoms with van der Waals surface area (Å²) in [7, 11) is -3.39. The molecule has 108 valence electrons. The van der Waals surface area contributed by atoms with Crippen LogP contribution in [0.1, 0.15) is 39.4 Å². The van der Waals surface area contributed by atoms with Gasteiger partial charge in [-0.05, 0) is 31.1 Å². The van der Waals surface area contributed by atoms with Gasteiger partial charge in [-0.2, -0.15) is 4.31 Å². The molecule has 5 nitrogen and oxygen atoms in total. The fraction of sp³-hybridized carbons (Fsp3) is 0.769. The molecule has 1 aliphatic heterocycles. The van der Waals surface area contributed by atoms with E-state index in [2.05, 4.69) is 30.7 Å². The largest absolute Gasteiger partial charge is 0.332 e. The van der Waals surface area contributed by atoms with Crippen LogP contribution in [0, 0.1) is 18.3 Å². The molecule has 0 aliphatic carbocycles. The van der Waals surface area contributed by atoms with E-state index >= 15 is 0 Å². The smallest absolute Gasteiger partial charge is 0.260 e. The summed E-state index contributed by atoms with van der Waals surface area (Å²) >= 11 is 0. The molecule has 0 amide bonds. The molecule has 1 aliphatic rings. The highest BCUT2D eigenvalue weighted by Crippen LogP contribution is 2.35. The third kappa shape index (κ3) is 3.00. The van der Waals surface area contributed by atoms with Gasteiger partial charge in [0.15, 0.2) is 5.03 Å². The van der Waals surface area contributed by atoms with Crippen molar-refractivity contribution in [3.63, 3.8) is 0 Å². The second-order valence-electron chi connectivity index (χ2n) is 6.38. The van der Waals surface area contributed by atoms with Crippen LogP contribution in [-0.2, 0) is 10.0 Å². The van der Waals surface area contributed by atoms with Gasteiger partial charge in [-0.15, -0.1) is 0 Å². The number of aryl methyl sites for hydroxylation is 1. The number of H-pyrrole nitrogens is 1. The highest BCUT2D eigenvalue weighted by Gasteiger charge is 2.34. The molecular formula is C13H23N3O2S. The van der Waals surface area contributed by atoms with Crippen molar-refractivity contribution in [2.75, 3.05) is 13.1 Å². The van der Waals surface area contributed by atoms with E-state index in [0.717, 1.165) is 12.8 Å².